The molecule has 0 aliphatic carbocycles. The van der Waals surface area contributed by atoms with Gasteiger partial charge in [0, 0.05) is 39.7 Å². The molecule has 7 nitrogen and oxygen atoms in total. The van der Waals surface area contributed by atoms with E-state index in [0.29, 0.717) is 38.4 Å². The second-order valence-corrected chi connectivity index (χ2v) is 5.79. The van der Waals surface area contributed by atoms with Gasteiger partial charge in [-0.05, 0) is 25.2 Å². The van der Waals surface area contributed by atoms with Crippen molar-refractivity contribution in [3.63, 3.8) is 0 Å². The smallest absolute Gasteiger partial charge is 0.326 e. The molecule has 2 heterocycles. The van der Waals surface area contributed by atoms with Gasteiger partial charge >= 0.3 is 6.03 Å². The highest BCUT2D eigenvalue weighted by Gasteiger charge is 2.33. The minimum atomic E-state index is -0.281. The van der Waals surface area contributed by atoms with Gasteiger partial charge in [-0.3, -0.25) is 14.5 Å². The molecule has 0 radical (unpaired) electrons. The Morgan fingerprint density at radius 3 is 2.48 bits per heavy atom. The fraction of sp³-hybridized carbons (Fsp3) is 0.786. The summed E-state index contributed by atoms with van der Waals surface area (Å²) in [4.78, 5) is 39.7. The van der Waals surface area contributed by atoms with Gasteiger partial charge in [-0.1, -0.05) is 0 Å². The van der Waals surface area contributed by atoms with Crippen LogP contribution in [0.15, 0.2) is 0 Å². The molecule has 7 heteroatoms. The van der Waals surface area contributed by atoms with Gasteiger partial charge in [0.25, 0.3) is 0 Å². The number of rotatable bonds is 5. The number of hydrogen-bond acceptors (Lipinski definition) is 4. The van der Waals surface area contributed by atoms with E-state index in [9.17, 15) is 14.4 Å². The first kappa shape index (κ1) is 15.8. The molecule has 4 amide bonds. The Morgan fingerprint density at radius 1 is 1.29 bits per heavy atom. The average Bonchev–Trinajstić information content (AvgIpc) is 2.73. The third-order valence-corrected chi connectivity index (χ3v) is 4.23. The van der Waals surface area contributed by atoms with Gasteiger partial charge in [-0.25, -0.2) is 4.79 Å². The molecule has 0 saturated carbocycles. The van der Waals surface area contributed by atoms with Crippen molar-refractivity contribution >= 4 is 17.8 Å². The third kappa shape index (κ3) is 3.72. The molecule has 0 bridgehead atoms. The molecule has 0 unspecified atom stereocenters. The molecule has 1 N–H and O–H groups in total. The maximum Gasteiger partial charge on any atom is 0.326 e. The zero-order valence-electron chi connectivity index (χ0n) is 12.5. The van der Waals surface area contributed by atoms with Crippen molar-refractivity contribution in [3.8, 4) is 0 Å². The average molecular weight is 297 g/mol. The number of urea groups is 1. The van der Waals surface area contributed by atoms with Crippen LogP contribution in [-0.4, -0.2) is 77.5 Å². The lowest BCUT2D eigenvalue weighted by Crippen LogP contribution is -2.39. The molecule has 2 rings (SSSR count). The Kier molecular flexibility index (Phi) is 5.17. The lowest BCUT2D eigenvalue weighted by molar-refractivity contribution is -0.133. The summed E-state index contributed by atoms with van der Waals surface area (Å²) in [7, 11) is 1.59. The quantitative estimate of drug-likeness (QED) is 0.718. The number of carbonyl (C=O) groups is 3. The van der Waals surface area contributed by atoms with Gasteiger partial charge in [0.1, 0.15) is 6.54 Å². The predicted octanol–water partition coefficient (Wildman–Crippen LogP) is -0.108. The summed E-state index contributed by atoms with van der Waals surface area (Å²) in [6, 6.07) is -0.281. The monoisotopic (exact) mass is 297 g/mol. The topological polar surface area (TPSA) is 81.2 Å². The van der Waals surface area contributed by atoms with Gasteiger partial charge in [-0.15, -0.1) is 0 Å². The van der Waals surface area contributed by atoms with E-state index >= 15 is 0 Å². The van der Waals surface area contributed by atoms with E-state index in [4.69, 9.17) is 5.11 Å². The van der Waals surface area contributed by atoms with Crippen LogP contribution in [-0.2, 0) is 9.59 Å². The van der Waals surface area contributed by atoms with Crippen molar-refractivity contribution < 1.29 is 19.5 Å². The molecule has 2 aliphatic rings. The second kappa shape index (κ2) is 6.89. The number of imide groups is 1. The molecule has 0 atom stereocenters. The van der Waals surface area contributed by atoms with E-state index in [0.717, 1.165) is 12.8 Å². The van der Waals surface area contributed by atoms with E-state index in [1.807, 2.05) is 4.90 Å². The Balaban J connectivity index is 1.70. The van der Waals surface area contributed by atoms with Crippen LogP contribution in [0.5, 0.6) is 0 Å². The molecule has 0 aromatic rings. The molecule has 2 aliphatic heterocycles. The number of amides is 4. The summed E-state index contributed by atoms with van der Waals surface area (Å²) in [5.41, 5.74) is 0. The minimum Gasteiger partial charge on any atom is -0.396 e. The van der Waals surface area contributed by atoms with Gasteiger partial charge in [0.05, 0.1) is 0 Å². The molecule has 118 valence electrons. The molecule has 21 heavy (non-hydrogen) atoms. The highest BCUT2D eigenvalue weighted by atomic mass is 16.3. The van der Waals surface area contributed by atoms with Crippen LogP contribution < -0.4 is 0 Å². The fourth-order valence-corrected chi connectivity index (χ4v) is 2.80. The first-order valence-electron chi connectivity index (χ1n) is 7.47. The lowest BCUT2D eigenvalue weighted by Gasteiger charge is -2.31. The van der Waals surface area contributed by atoms with Crippen molar-refractivity contribution in [1.29, 1.82) is 0 Å². The van der Waals surface area contributed by atoms with E-state index in [-0.39, 0.29) is 31.0 Å². The van der Waals surface area contributed by atoms with Gasteiger partial charge < -0.3 is 14.9 Å². The summed E-state index contributed by atoms with van der Waals surface area (Å²) in [5, 5.41) is 9.07. The maximum atomic E-state index is 12.1. The summed E-state index contributed by atoms with van der Waals surface area (Å²) in [6.07, 6.45) is 2.54. The van der Waals surface area contributed by atoms with Crippen molar-refractivity contribution in [3.05, 3.63) is 0 Å². The van der Waals surface area contributed by atoms with Crippen molar-refractivity contribution in [2.45, 2.75) is 25.7 Å². The van der Waals surface area contributed by atoms with Crippen LogP contribution in [0.25, 0.3) is 0 Å². The predicted molar refractivity (Wildman–Crippen MR) is 75.4 cm³/mol. The summed E-state index contributed by atoms with van der Waals surface area (Å²) in [6.45, 7) is 2.00. The zero-order chi connectivity index (χ0) is 15.4. The van der Waals surface area contributed by atoms with E-state index in [1.165, 1.54) is 9.80 Å². The largest absolute Gasteiger partial charge is 0.396 e. The number of aliphatic hydroxyl groups is 1. The second-order valence-electron chi connectivity index (χ2n) is 5.79. The highest BCUT2D eigenvalue weighted by Crippen LogP contribution is 2.17. The number of likely N-dealkylation sites (tertiary alicyclic amines) is 1. The standard InChI is InChI=1S/C14H23N3O4/c1-15-9-13(20)17(14(15)21)6-2-3-12(19)16-7-4-11(10-18)5-8-16/h11,18H,2-10H2,1H3. The van der Waals surface area contributed by atoms with Gasteiger partial charge in [0.15, 0.2) is 0 Å². The maximum absolute atomic E-state index is 12.1. The van der Waals surface area contributed by atoms with Crippen LogP contribution in [0, 0.1) is 5.92 Å². The SMILES string of the molecule is CN1CC(=O)N(CCCC(=O)N2CCC(CO)CC2)C1=O. The Morgan fingerprint density at radius 2 is 1.95 bits per heavy atom. The highest BCUT2D eigenvalue weighted by molar-refractivity contribution is 6.01. The lowest BCUT2D eigenvalue weighted by atomic mass is 9.97. The number of nitrogens with zero attached hydrogens (tertiary/aromatic N) is 3. The van der Waals surface area contributed by atoms with Crippen molar-refractivity contribution in [2.24, 2.45) is 5.92 Å². The third-order valence-electron chi connectivity index (χ3n) is 4.23. The van der Waals surface area contributed by atoms with Crippen LogP contribution >= 0.6 is 0 Å². The number of carbonyl (C=O) groups excluding carboxylic acids is 3. The summed E-state index contributed by atoms with van der Waals surface area (Å²) in [5.74, 6) is 0.182. The molecular formula is C14H23N3O4. The van der Waals surface area contributed by atoms with E-state index in [2.05, 4.69) is 0 Å². The normalized spacial score (nSPS) is 20.6. The molecule has 0 aromatic carbocycles. The molecule has 0 spiro atoms. The van der Waals surface area contributed by atoms with Gasteiger partial charge in [0.2, 0.25) is 11.8 Å². The number of aliphatic hydroxyl groups excluding tert-OH is 1. The molecule has 2 fully saturated rings. The van der Waals surface area contributed by atoms with E-state index < -0.39 is 0 Å². The van der Waals surface area contributed by atoms with Crippen molar-refractivity contribution in [1.82, 2.24) is 14.7 Å². The Labute approximate surface area is 124 Å². The van der Waals surface area contributed by atoms with Crippen LogP contribution in [0.4, 0.5) is 4.79 Å². The Bertz CT molecular complexity index is 418. The molecular weight excluding hydrogens is 274 g/mol. The van der Waals surface area contributed by atoms with Crippen LogP contribution in [0.3, 0.4) is 0 Å². The number of piperidine rings is 1. The summed E-state index contributed by atoms with van der Waals surface area (Å²) >= 11 is 0. The first-order chi connectivity index (χ1) is 10.0. The van der Waals surface area contributed by atoms with Crippen molar-refractivity contribution in [2.75, 3.05) is 39.8 Å². The fourth-order valence-electron chi connectivity index (χ4n) is 2.80. The molecule has 0 aromatic heterocycles. The Hall–Kier alpha value is -1.63. The molecule has 2 saturated heterocycles. The first-order valence-corrected chi connectivity index (χ1v) is 7.47. The number of likely N-dealkylation sites (N-methyl/N-ethyl adjacent to an activating group) is 1. The van der Waals surface area contributed by atoms with Crippen LogP contribution in [0.2, 0.25) is 0 Å². The zero-order valence-corrected chi connectivity index (χ0v) is 12.5. The minimum absolute atomic E-state index is 0.0684. The van der Waals surface area contributed by atoms with Crippen LogP contribution in [0.1, 0.15) is 25.7 Å². The summed E-state index contributed by atoms with van der Waals surface area (Å²) < 4.78 is 0. The number of hydrogen-bond donors (Lipinski definition) is 1. The van der Waals surface area contributed by atoms with Gasteiger partial charge in [-0.2, -0.15) is 0 Å². The van der Waals surface area contributed by atoms with E-state index in [1.54, 1.807) is 7.05 Å².